The smallest absolute Gasteiger partial charge is 0.252 e. The number of hydrogen-bond donors (Lipinski definition) is 0. The maximum atomic E-state index is 13.1. The van der Waals surface area contributed by atoms with E-state index in [9.17, 15) is 9.18 Å². The normalized spacial score (nSPS) is 12.3. The minimum Gasteiger partial charge on any atom is -0.339 e. The number of halogens is 1. The van der Waals surface area contributed by atoms with Crippen molar-refractivity contribution in [1.29, 1.82) is 0 Å². The molecule has 0 saturated carbocycles. The highest BCUT2D eigenvalue weighted by Gasteiger charge is 2.19. The Labute approximate surface area is 151 Å². The SMILES string of the molecule is Cc1nc2ncnn2c(C)c1CCC(=O)N(C)C(C)c1ccc(F)cc1. The van der Waals surface area contributed by atoms with Crippen LogP contribution in [0.15, 0.2) is 30.6 Å². The lowest BCUT2D eigenvalue weighted by molar-refractivity contribution is -0.131. The van der Waals surface area contributed by atoms with Crippen molar-refractivity contribution >= 4 is 11.7 Å². The van der Waals surface area contributed by atoms with Crippen LogP contribution in [0.5, 0.6) is 0 Å². The zero-order valence-electron chi connectivity index (χ0n) is 15.4. The lowest BCUT2D eigenvalue weighted by Crippen LogP contribution is -2.30. The van der Waals surface area contributed by atoms with E-state index in [1.807, 2.05) is 20.8 Å². The Kier molecular flexibility index (Phi) is 4.97. The van der Waals surface area contributed by atoms with Gasteiger partial charge in [-0.15, -0.1) is 0 Å². The topological polar surface area (TPSA) is 63.4 Å². The van der Waals surface area contributed by atoms with E-state index >= 15 is 0 Å². The first-order chi connectivity index (χ1) is 12.4. The van der Waals surface area contributed by atoms with Crippen LogP contribution in [0.1, 0.15) is 41.9 Å². The van der Waals surface area contributed by atoms with Crippen molar-refractivity contribution in [1.82, 2.24) is 24.5 Å². The van der Waals surface area contributed by atoms with Crippen molar-refractivity contribution in [3.8, 4) is 0 Å². The molecule has 6 nitrogen and oxygen atoms in total. The number of fused-ring (bicyclic) bond motifs is 1. The van der Waals surface area contributed by atoms with Gasteiger partial charge in [-0.25, -0.2) is 13.9 Å². The molecule has 1 aromatic carbocycles. The number of amides is 1. The maximum Gasteiger partial charge on any atom is 0.252 e. The molecule has 0 fully saturated rings. The van der Waals surface area contributed by atoms with Crippen LogP contribution in [0.2, 0.25) is 0 Å². The second-order valence-corrected chi connectivity index (χ2v) is 6.47. The Morgan fingerprint density at radius 2 is 1.96 bits per heavy atom. The Balaban J connectivity index is 1.71. The summed E-state index contributed by atoms with van der Waals surface area (Å²) in [5.41, 5.74) is 3.73. The molecule has 2 aromatic heterocycles. The van der Waals surface area contributed by atoms with E-state index in [0.717, 1.165) is 22.5 Å². The second-order valence-electron chi connectivity index (χ2n) is 6.47. The monoisotopic (exact) mass is 355 g/mol. The van der Waals surface area contributed by atoms with Gasteiger partial charge in [0.05, 0.1) is 6.04 Å². The van der Waals surface area contributed by atoms with Crippen LogP contribution in [0.3, 0.4) is 0 Å². The fourth-order valence-electron chi connectivity index (χ4n) is 3.11. The molecule has 26 heavy (non-hydrogen) atoms. The highest BCUT2D eigenvalue weighted by Crippen LogP contribution is 2.21. The summed E-state index contributed by atoms with van der Waals surface area (Å²) in [7, 11) is 1.77. The van der Waals surface area contributed by atoms with Gasteiger partial charge in [-0.1, -0.05) is 12.1 Å². The van der Waals surface area contributed by atoms with Gasteiger partial charge in [0.2, 0.25) is 5.91 Å². The van der Waals surface area contributed by atoms with E-state index in [2.05, 4.69) is 15.1 Å². The first kappa shape index (κ1) is 18.0. The van der Waals surface area contributed by atoms with Crippen LogP contribution in [-0.2, 0) is 11.2 Å². The van der Waals surface area contributed by atoms with E-state index in [1.165, 1.54) is 18.5 Å². The first-order valence-electron chi connectivity index (χ1n) is 8.55. The summed E-state index contributed by atoms with van der Waals surface area (Å²) < 4.78 is 14.8. The Morgan fingerprint density at radius 1 is 1.27 bits per heavy atom. The number of rotatable bonds is 5. The molecule has 1 unspecified atom stereocenters. The van der Waals surface area contributed by atoms with Crippen LogP contribution in [0.25, 0.3) is 5.78 Å². The third-order valence-electron chi connectivity index (χ3n) is 4.90. The van der Waals surface area contributed by atoms with Gasteiger partial charge in [0.1, 0.15) is 12.1 Å². The van der Waals surface area contributed by atoms with Gasteiger partial charge in [-0.2, -0.15) is 10.1 Å². The third-order valence-corrected chi connectivity index (χ3v) is 4.90. The molecular formula is C19H22FN5O. The molecule has 0 saturated heterocycles. The number of carbonyl (C=O) groups excluding carboxylic acids is 1. The Hall–Kier alpha value is -2.83. The van der Waals surface area contributed by atoms with Crippen molar-refractivity contribution < 1.29 is 9.18 Å². The second kappa shape index (κ2) is 7.19. The van der Waals surface area contributed by atoms with Gasteiger partial charge in [0, 0.05) is 24.9 Å². The molecule has 0 bridgehead atoms. The lowest BCUT2D eigenvalue weighted by atomic mass is 10.0. The maximum absolute atomic E-state index is 13.1. The van der Waals surface area contributed by atoms with Gasteiger partial charge in [-0.3, -0.25) is 4.79 Å². The summed E-state index contributed by atoms with van der Waals surface area (Å²) in [5.74, 6) is 0.313. The van der Waals surface area contributed by atoms with E-state index in [-0.39, 0.29) is 17.8 Å². The van der Waals surface area contributed by atoms with E-state index in [4.69, 9.17) is 0 Å². The van der Waals surface area contributed by atoms with Crippen molar-refractivity contribution in [2.45, 2.75) is 39.7 Å². The number of aryl methyl sites for hydroxylation is 2. The summed E-state index contributed by atoms with van der Waals surface area (Å²) in [5, 5.41) is 4.17. The predicted molar refractivity (Wildman–Crippen MR) is 96.2 cm³/mol. The van der Waals surface area contributed by atoms with Crippen molar-refractivity contribution in [2.75, 3.05) is 7.05 Å². The summed E-state index contributed by atoms with van der Waals surface area (Å²) in [6.45, 7) is 5.82. The summed E-state index contributed by atoms with van der Waals surface area (Å²) in [6, 6.07) is 6.12. The van der Waals surface area contributed by atoms with Crippen molar-refractivity contribution in [3.63, 3.8) is 0 Å². The quantitative estimate of drug-likeness (QED) is 0.706. The number of nitrogens with zero attached hydrogens (tertiary/aromatic N) is 5. The average molecular weight is 355 g/mol. The number of aromatic nitrogens is 4. The molecule has 2 heterocycles. The van der Waals surface area contributed by atoms with Crippen LogP contribution in [-0.4, -0.2) is 37.4 Å². The average Bonchev–Trinajstić information content (AvgIpc) is 3.09. The van der Waals surface area contributed by atoms with Crippen LogP contribution in [0, 0.1) is 19.7 Å². The highest BCUT2D eigenvalue weighted by molar-refractivity contribution is 5.76. The first-order valence-corrected chi connectivity index (χ1v) is 8.55. The zero-order valence-corrected chi connectivity index (χ0v) is 15.4. The molecule has 0 spiro atoms. The molecule has 1 atom stereocenters. The standard InChI is InChI=1S/C19H22FN5O/c1-12-17(14(3)25-19(23-12)21-11-22-25)9-10-18(26)24(4)13(2)15-5-7-16(20)8-6-15/h5-8,11,13H,9-10H2,1-4H3. The summed E-state index contributed by atoms with van der Waals surface area (Å²) >= 11 is 0. The fourth-order valence-corrected chi connectivity index (χ4v) is 3.11. The molecule has 7 heteroatoms. The molecular weight excluding hydrogens is 333 g/mol. The lowest BCUT2D eigenvalue weighted by Gasteiger charge is -2.25. The summed E-state index contributed by atoms with van der Waals surface area (Å²) in [6.07, 6.45) is 2.42. The molecule has 136 valence electrons. The molecule has 0 aliphatic carbocycles. The largest absolute Gasteiger partial charge is 0.339 e. The van der Waals surface area contributed by atoms with Gasteiger partial charge in [0.15, 0.2) is 0 Å². The molecule has 3 rings (SSSR count). The van der Waals surface area contributed by atoms with E-state index in [1.54, 1.807) is 28.6 Å². The number of carbonyl (C=O) groups is 1. The van der Waals surface area contributed by atoms with Crippen LogP contribution in [0.4, 0.5) is 4.39 Å². The van der Waals surface area contributed by atoms with Gasteiger partial charge < -0.3 is 4.90 Å². The highest BCUT2D eigenvalue weighted by atomic mass is 19.1. The van der Waals surface area contributed by atoms with E-state index in [0.29, 0.717) is 18.6 Å². The van der Waals surface area contributed by atoms with Gasteiger partial charge >= 0.3 is 0 Å². The van der Waals surface area contributed by atoms with Crippen LogP contribution >= 0.6 is 0 Å². The predicted octanol–water partition coefficient (Wildman–Crippen LogP) is 3.03. The number of benzene rings is 1. The molecule has 0 N–H and O–H groups in total. The Morgan fingerprint density at radius 3 is 2.65 bits per heavy atom. The third kappa shape index (κ3) is 3.42. The molecule has 1 amide bonds. The Bertz CT molecular complexity index is 935. The molecule has 0 radical (unpaired) electrons. The van der Waals surface area contributed by atoms with E-state index < -0.39 is 0 Å². The van der Waals surface area contributed by atoms with Crippen molar-refractivity contribution in [2.24, 2.45) is 0 Å². The molecule has 0 aliphatic rings. The van der Waals surface area contributed by atoms with Crippen molar-refractivity contribution in [3.05, 3.63) is 58.9 Å². The van der Waals surface area contributed by atoms with Gasteiger partial charge in [0.25, 0.3) is 5.78 Å². The molecule has 3 aromatic rings. The summed E-state index contributed by atoms with van der Waals surface area (Å²) in [4.78, 5) is 22.9. The van der Waals surface area contributed by atoms with Crippen LogP contribution < -0.4 is 0 Å². The van der Waals surface area contributed by atoms with Gasteiger partial charge in [-0.05, 0) is 50.5 Å². The minimum atomic E-state index is -0.281. The molecule has 0 aliphatic heterocycles. The fraction of sp³-hybridized carbons (Fsp3) is 0.368. The zero-order chi connectivity index (χ0) is 18.8. The number of hydrogen-bond acceptors (Lipinski definition) is 4. The minimum absolute atomic E-state index is 0.0271.